The highest BCUT2D eigenvalue weighted by atomic mass is 16.7. The first-order valence-corrected chi connectivity index (χ1v) is 17.1. The number of rotatable bonds is 8. The molecule has 10 heteroatoms. The van der Waals surface area contributed by atoms with Crippen molar-refractivity contribution in [2.45, 2.75) is 142 Å². The van der Waals surface area contributed by atoms with Gasteiger partial charge < -0.3 is 45.2 Å². The fourth-order valence-corrected chi connectivity index (χ4v) is 10.7. The van der Waals surface area contributed by atoms with Gasteiger partial charge in [0.15, 0.2) is 6.29 Å². The summed E-state index contributed by atoms with van der Waals surface area (Å²) in [6.07, 6.45) is -5.41. The number of aliphatic hydroxyl groups is 7. The van der Waals surface area contributed by atoms with Crippen LogP contribution in [0.4, 0.5) is 0 Å². The van der Waals surface area contributed by atoms with Gasteiger partial charge in [-0.2, -0.15) is 0 Å². The van der Waals surface area contributed by atoms with Crippen molar-refractivity contribution in [3.05, 3.63) is 0 Å². The first-order valence-electron chi connectivity index (χ1n) is 17.1. The Morgan fingerprint density at radius 3 is 2.20 bits per heavy atom. The van der Waals surface area contributed by atoms with E-state index in [4.69, 9.17) is 9.47 Å². The van der Waals surface area contributed by atoms with E-state index in [0.29, 0.717) is 18.8 Å². The molecule has 4 saturated carbocycles. The second kappa shape index (κ2) is 12.7. The monoisotopic (exact) mass is 626 g/mol. The molecule has 5 fully saturated rings. The van der Waals surface area contributed by atoms with Gasteiger partial charge in [0.2, 0.25) is 0 Å². The van der Waals surface area contributed by atoms with Crippen LogP contribution >= 0.6 is 0 Å². The third-order valence-corrected chi connectivity index (χ3v) is 13.8. The molecule has 1 heterocycles. The number of fused-ring (bicyclic) bond motifs is 5. The molecule has 0 spiro atoms. The third-order valence-electron chi connectivity index (χ3n) is 13.8. The molecule has 10 nitrogen and oxygen atoms in total. The standard InChI is InChI=1S/C34H58O10/c1-15(2)16(3)27(38)28(39)17(4)19-7-8-20-18-11-23(36)22-12-25(43-32-31(42)30(41)29(40)26(14-35)44-32)24(37)13-34(22,6)21(18)9-10-33(19,20)5/h15-22,24-32,35,37-42H,7-14H2,1-6H3/t16-,17+,18+,19-,20+,21+,22-,24-,25-,26-,27-,28-,29-,30+,31-,32-,33-,34-/m1/s1. The third kappa shape index (κ3) is 5.62. The van der Waals surface area contributed by atoms with E-state index in [0.717, 1.165) is 25.7 Å². The van der Waals surface area contributed by atoms with Crippen LogP contribution in [0.5, 0.6) is 0 Å². The Kier molecular flexibility index (Phi) is 10.0. The molecule has 0 radical (unpaired) electrons. The molecule has 0 aromatic heterocycles. The number of ether oxygens (including phenoxy) is 2. The Bertz CT molecular complexity index is 1020. The Labute approximate surface area is 262 Å². The van der Waals surface area contributed by atoms with Gasteiger partial charge >= 0.3 is 0 Å². The van der Waals surface area contributed by atoms with E-state index < -0.39 is 67.1 Å². The van der Waals surface area contributed by atoms with Crippen molar-refractivity contribution in [1.29, 1.82) is 0 Å². The van der Waals surface area contributed by atoms with Crippen LogP contribution in [0.15, 0.2) is 0 Å². The van der Waals surface area contributed by atoms with E-state index in [1.165, 1.54) is 0 Å². The van der Waals surface area contributed by atoms with Gasteiger partial charge in [0, 0.05) is 12.3 Å². The normalized spacial score (nSPS) is 50.4. The average molecular weight is 627 g/mol. The van der Waals surface area contributed by atoms with Gasteiger partial charge in [0.05, 0.1) is 31.0 Å². The van der Waals surface area contributed by atoms with Crippen molar-refractivity contribution in [1.82, 2.24) is 0 Å². The van der Waals surface area contributed by atoms with Crippen LogP contribution in [-0.4, -0.2) is 103 Å². The summed E-state index contributed by atoms with van der Waals surface area (Å²) < 4.78 is 11.5. The van der Waals surface area contributed by atoms with Crippen molar-refractivity contribution >= 4 is 5.78 Å². The number of ketones is 1. The zero-order valence-corrected chi connectivity index (χ0v) is 27.3. The van der Waals surface area contributed by atoms with Gasteiger partial charge in [-0.3, -0.25) is 4.79 Å². The Morgan fingerprint density at radius 2 is 1.57 bits per heavy atom. The Hall–Kier alpha value is -0.690. The molecule has 1 aliphatic heterocycles. The summed E-state index contributed by atoms with van der Waals surface area (Å²) >= 11 is 0. The van der Waals surface area contributed by atoms with Gasteiger partial charge in [0.25, 0.3) is 0 Å². The molecule has 4 aliphatic carbocycles. The summed E-state index contributed by atoms with van der Waals surface area (Å²) in [7, 11) is 0. The SMILES string of the molecule is CC(C)[C@@H](C)[C@@H](O)[C@H](O)[C@@H](C)[C@H]1CC[C@H]2[C@@H]3CC(=O)[C@H]4C[C@@H](O[C@@H]5O[C@H](CO)[C@@H](O)[C@H](O)[C@H]5O)[C@H](O)C[C@]4(C)[C@H]3CC[C@]12C. The van der Waals surface area contributed by atoms with Crippen LogP contribution in [0.1, 0.15) is 86.5 Å². The predicted molar refractivity (Wildman–Crippen MR) is 161 cm³/mol. The van der Waals surface area contributed by atoms with Crippen molar-refractivity contribution < 1.29 is 50.0 Å². The van der Waals surface area contributed by atoms with Crippen LogP contribution < -0.4 is 0 Å². The van der Waals surface area contributed by atoms with Crippen molar-refractivity contribution in [3.63, 3.8) is 0 Å². The van der Waals surface area contributed by atoms with Gasteiger partial charge in [-0.1, -0.05) is 41.5 Å². The fourth-order valence-electron chi connectivity index (χ4n) is 10.7. The van der Waals surface area contributed by atoms with E-state index in [1.807, 2.05) is 6.92 Å². The van der Waals surface area contributed by atoms with Crippen molar-refractivity contribution in [2.75, 3.05) is 6.61 Å². The number of carbonyl (C=O) groups excluding carboxylic acids is 1. The largest absolute Gasteiger partial charge is 0.394 e. The highest BCUT2D eigenvalue weighted by Crippen LogP contribution is 2.68. The van der Waals surface area contributed by atoms with Crippen LogP contribution in [0.3, 0.4) is 0 Å². The van der Waals surface area contributed by atoms with E-state index >= 15 is 0 Å². The average Bonchev–Trinajstić information content (AvgIpc) is 3.33. The molecule has 44 heavy (non-hydrogen) atoms. The summed E-state index contributed by atoms with van der Waals surface area (Å²) in [6.45, 7) is 12.1. The molecule has 7 N–H and O–H groups in total. The summed E-state index contributed by atoms with van der Waals surface area (Å²) in [4.78, 5) is 13.9. The highest BCUT2D eigenvalue weighted by Gasteiger charge is 2.64. The summed E-state index contributed by atoms with van der Waals surface area (Å²) in [5, 5.41) is 74.0. The highest BCUT2D eigenvalue weighted by molar-refractivity contribution is 5.83. The Morgan fingerprint density at radius 1 is 0.909 bits per heavy atom. The van der Waals surface area contributed by atoms with Crippen LogP contribution in [0, 0.1) is 58.2 Å². The van der Waals surface area contributed by atoms with Crippen LogP contribution in [0.2, 0.25) is 0 Å². The van der Waals surface area contributed by atoms with E-state index in [2.05, 4.69) is 34.6 Å². The zero-order valence-electron chi connectivity index (χ0n) is 27.3. The number of Topliss-reactive ketones (excluding diaryl/α,β-unsaturated/α-hetero) is 1. The first-order chi connectivity index (χ1) is 20.6. The summed E-state index contributed by atoms with van der Waals surface area (Å²) in [5.74, 6) is 1.10. The van der Waals surface area contributed by atoms with Crippen LogP contribution in [-0.2, 0) is 14.3 Å². The lowest BCUT2D eigenvalue weighted by atomic mass is 9.43. The predicted octanol–water partition coefficient (Wildman–Crippen LogP) is 1.63. The van der Waals surface area contributed by atoms with Gasteiger partial charge in [0.1, 0.15) is 30.2 Å². The molecule has 1 saturated heterocycles. The maximum atomic E-state index is 13.9. The molecule has 0 unspecified atom stereocenters. The molecule has 18 atom stereocenters. The Balaban J connectivity index is 1.30. The van der Waals surface area contributed by atoms with Gasteiger partial charge in [-0.25, -0.2) is 0 Å². The first kappa shape index (κ1) is 34.6. The number of aliphatic hydroxyl groups excluding tert-OH is 7. The minimum absolute atomic E-state index is 0.00715. The smallest absolute Gasteiger partial charge is 0.187 e. The lowest BCUT2D eigenvalue weighted by molar-refractivity contribution is -0.323. The lowest BCUT2D eigenvalue weighted by Gasteiger charge is -2.61. The van der Waals surface area contributed by atoms with Crippen LogP contribution in [0.25, 0.3) is 0 Å². The quantitative estimate of drug-likeness (QED) is 0.196. The second-order valence-electron chi connectivity index (χ2n) is 16.2. The van der Waals surface area contributed by atoms with E-state index in [-0.39, 0.29) is 59.0 Å². The minimum Gasteiger partial charge on any atom is -0.394 e. The molecule has 0 aromatic carbocycles. The maximum Gasteiger partial charge on any atom is 0.187 e. The molecule has 5 rings (SSSR count). The molecule has 0 amide bonds. The molecular weight excluding hydrogens is 568 g/mol. The van der Waals surface area contributed by atoms with Crippen molar-refractivity contribution in [2.24, 2.45) is 58.2 Å². The van der Waals surface area contributed by atoms with E-state index in [1.54, 1.807) is 0 Å². The molecule has 0 aromatic rings. The number of hydrogen-bond donors (Lipinski definition) is 7. The molecule has 254 valence electrons. The lowest BCUT2D eigenvalue weighted by Crippen LogP contribution is -2.62. The number of carbonyl (C=O) groups is 1. The number of hydrogen-bond acceptors (Lipinski definition) is 10. The summed E-state index contributed by atoms with van der Waals surface area (Å²) in [6, 6.07) is 0. The molecule has 0 bridgehead atoms. The second-order valence-corrected chi connectivity index (χ2v) is 16.2. The maximum absolute atomic E-state index is 13.9. The van der Waals surface area contributed by atoms with Crippen molar-refractivity contribution in [3.8, 4) is 0 Å². The minimum atomic E-state index is -1.58. The van der Waals surface area contributed by atoms with Gasteiger partial charge in [-0.05, 0) is 90.8 Å². The topological polar surface area (TPSA) is 177 Å². The summed E-state index contributed by atoms with van der Waals surface area (Å²) in [5.41, 5.74) is -0.448. The van der Waals surface area contributed by atoms with E-state index in [9.17, 15) is 40.5 Å². The molecule has 5 aliphatic rings. The van der Waals surface area contributed by atoms with Gasteiger partial charge in [-0.15, -0.1) is 0 Å². The fraction of sp³-hybridized carbons (Fsp3) is 0.971. The molecular formula is C34H58O10. The zero-order chi connectivity index (χ0) is 32.5.